The van der Waals surface area contributed by atoms with Crippen LogP contribution in [-0.2, 0) is 0 Å². The minimum Gasteiger partial charge on any atom is -0.267 e. The third-order valence-corrected chi connectivity index (χ3v) is 3.18. The largest absolute Gasteiger partial charge is 0.272 e. The van der Waals surface area contributed by atoms with E-state index in [0.29, 0.717) is 5.56 Å². The van der Waals surface area contributed by atoms with Gasteiger partial charge in [-0.25, -0.2) is 5.43 Å². The smallest absolute Gasteiger partial charge is 0.267 e. The molecule has 0 saturated heterocycles. The third-order valence-electron chi connectivity index (χ3n) is 2.20. The minimum atomic E-state index is -0.273. The second-order valence-electron chi connectivity index (χ2n) is 3.46. The Morgan fingerprint density at radius 3 is 2.83 bits per heavy atom. The first-order chi connectivity index (χ1) is 8.77. The highest BCUT2D eigenvalue weighted by molar-refractivity contribution is 14.1. The zero-order valence-corrected chi connectivity index (χ0v) is 11.5. The van der Waals surface area contributed by atoms with E-state index in [1.807, 2.05) is 24.3 Å². The van der Waals surface area contributed by atoms with Gasteiger partial charge < -0.3 is 0 Å². The first-order valence-electron chi connectivity index (χ1n) is 5.25. The van der Waals surface area contributed by atoms with Gasteiger partial charge in [0.25, 0.3) is 5.91 Å². The Labute approximate surface area is 118 Å². The van der Waals surface area contributed by atoms with Gasteiger partial charge in [-0.3, -0.25) is 9.78 Å². The summed E-state index contributed by atoms with van der Waals surface area (Å²) in [5.74, 6) is -0.273. The van der Waals surface area contributed by atoms with E-state index in [0.717, 1.165) is 9.13 Å². The molecular weight excluding hydrogens is 341 g/mol. The standard InChI is InChI=1S/C13H10IN3O/c14-12-6-2-1-4-10(12)9-16-17-13(18)11-5-3-7-15-8-11/h1-9H,(H,17,18)/b16-9-. The van der Waals surface area contributed by atoms with Crippen LogP contribution >= 0.6 is 22.6 Å². The molecule has 0 unspecified atom stereocenters. The molecular formula is C13H10IN3O. The predicted molar refractivity (Wildman–Crippen MR) is 78.5 cm³/mol. The van der Waals surface area contributed by atoms with Gasteiger partial charge in [0.1, 0.15) is 0 Å². The van der Waals surface area contributed by atoms with Gasteiger partial charge in [-0.2, -0.15) is 5.10 Å². The molecule has 1 N–H and O–H groups in total. The lowest BCUT2D eigenvalue weighted by atomic mass is 10.2. The molecule has 1 aromatic carbocycles. The Hall–Kier alpha value is -1.76. The van der Waals surface area contributed by atoms with Gasteiger partial charge in [0.2, 0.25) is 0 Å². The van der Waals surface area contributed by atoms with E-state index in [9.17, 15) is 4.79 Å². The second-order valence-corrected chi connectivity index (χ2v) is 4.62. The first-order valence-corrected chi connectivity index (χ1v) is 6.33. The summed E-state index contributed by atoms with van der Waals surface area (Å²) in [6.45, 7) is 0. The number of pyridine rings is 1. The van der Waals surface area contributed by atoms with Gasteiger partial charge >= 0.3 is 0 Å². The molecule has 18 heavy (non-hydrogen) atoms. The summed E-state index contributed by atoms with van der Waals surface area (Å²) in [4.78, 5) is 15.5. The number of aromatic nitrogens is 1. The fourth-order valence-electron chi connectivity index (χ4n) is 1.30. The summed E-state index contributed by atoms with van der Waals surface area (Å²) in [5, 5.41) is 3.92. The average Bonchev–Trinajstić information content (AvgIpc) is 2.42. The van der Waals surface area contributed by atoms with E-state index in [-0.39, 0.29) is 5.91 Å². The Morgan fingerprint density at radius 1 is 1.28 bits per heavy atom. The molecule has 0 aliphatic carbocycles. The molecule has 1 heterocycles. The third kappa shape index (κ3) is 3.36. The number of hydrogen-bond donors (Lipinski definition) is 1. The number of halogens is 1. The summed E-state index contributed by atoms with van der Waals surface area (Å²) < 4.78 is 1.08. The molecule has 0 radical (unpaired) electrons. The molecule has 90 valence electrons. The van der Waals surface area contributed by atoms with Crippen LogP contribution in [-0.4, -0.2) is 17.1 Å². The molecule has 0 fully saturated rings. The monoisotopic (exact) mass is 351 g/mol. The zero-order chi connectivity index (χ0) is 12.8. The number of hydrogen-bond acceptors (Lipinski definition) is 3. The van der Waals surface area contributed by atoms with Crippen LogP contribution < -0.4 is 5.43 Å². The number of rotatable bonds is 3. The van der Waals surface area contributed by atoms with E-state index in [2.05, 4.69) is 38.1 Å². The number of hydrazone groups is 1. The Kier molecular flexibility index (Phi) is 4.40. The normalized spacial score (nSPS) is 10.5. The van der Waals surface area contributed by atoms with Crippen molar-refractivity contribution in [1.29, 1.82) is 0 Å². The van der Waals surface area contributed by atoms with Gasteiger partial charge in [-0.05, 0) is 40.8 Å². The molecule has 4 nitrogen and oxygen atoms in total. The molecule has 0 atom stereocenters. The summed E-state index contributed by atoms with van der Waals surface area (Å²) in [6, 6.07) is 11.2. The first kappa shape index (κ1) is 12.7. The average molecular weight is 351 g/mol. The summed E-state index contributed by atoms with van der Waals surface area (Å²) in [5.41, 5.74) is 3.91. The SMILES string of the molecule is O=C(N/N=C\c1ccccc1I)c1cccnc1. The Morgan fingerprint density at radius 2 is 2.11 bits per heavy atom. The number of benzene rings is 1. The van der Waals surface area contributed by atoms with Crippen LogP contribution in [0.5, 0.6) is 0 Å². The van der Waals surface area contributed by atoms with Crippen molar-refractivity contribution in [3.63, 3.8) is 0 Å². The van der Waals surface area contributed by atoms with Crippen molar-refractivity contribution in [2.75, 3.05) is 0 Å². The maximum absolute atomic E-state index is 11.7. The van der Waals surface area contributed by atoms with Crippen LogP contribution in [0.4, 0.5) is 0 Å². The minimum absolute atomic E-state index is 0.273. The predicted octanol–water partition coefficient (Wildman–Crippen LogP) is 2.45. The molecule has 0 spiro atoms. The van der Waals surface area contributed by atoms with Gasteiger partial charge in [-0.1, -0.05) is 18.2 Å². The van der Waals surface area contributed by atoms with Crippen molar-refractivity contribution in [1.82, 2.24) is 10.4 Å². The Balaban J connectivity index is 2.00. The van der Waals surface area contributed by atoms with E-state index in [1.54, 1.807) is 24.5 Å². The van der Waals surface area contributed by atoms with Crippen molar-refractivity contribution in [3.8, 4) is 0 Å². The van der Waals surface area contributed by atoms with E-state index >= 15 is 0 Å². The van der Waals surface area contributed by atoms with Crippen LogP contribution in [0.3, 0.4) is 0 Å². The topological polar surface area (TPSA) is 54.4 Å². The van der Waals surface area contributed by atoms with E-state index < -0.39 is 0 Å². The number of carbonyl (C=O) groups is 1. The molecule has 2 rings (SSSR count). The lowest BCUT2D eigenvalue weighted by Crippen LogP contribution is -2.17. The van der Waals surface area contributed by atoms with Crippen molar-refractivity contribution < 1.29 is 4.79 Å². The van der Waals surface area contributed by atoms with Crippen LogP contribution in [0.2, 0.25) is 0 Å². The van der Waals surface area contributed by atoms with Gasteiger partial charge in [-0.15, -0.1) is 0 Å². The van der Waals surface area contributed by atoms with Crippen molar-refractivity contribution in [3.05, 3.63) is 63.5 Å². The summed E-state index contributed by atoms with van der Waals surface area (Å²) in [7, 11) is 0. The molecule has 0 saturated carbocycles. The summed E-state index contributed by atoms with van der Waals surface area (Å²) in [6.07, 6.45) is 4.74. The highest BCUT2D eigenvalue weighted by Crippen LogP contribution is 2.08. The van der Waals surface area contributed by atoms with Crippen molar-refractivity contribution >= 4 is 34.7 Å². The molecule has 1 aromatic heterocycles. The highest BCUT2D eigenvalue weighted by Gasteiger charge is 2.02. The quantitative estimate of drug-likeness (QED) is 0.525. The van der Waals surface area contributed by atoms with Crippen molar-refractivity contribution in [2.24, 2.45) is 5.10 Å². The number of carbonyl (C=O) groups excluding carboxylic acids is 1. The van der Waals surface area contributed by atoms with Crippen LogP contribution in [0.1, 0.15) is 15.9 Å². The molecule has 0 bridgehead atoms. The fourth-order valence-corrected chi connectivity index (χ4v) is 1.83. The van der Waals surface area contributed by atoms with Gasteiger partial charge in [0, 0.05) is 21.5 Å². The Bertz CT molecular complexity index is 569. The van der Waals surface area contributed by atoms with E-state index in [1.165, 1.54) is 6.20 Å². The number of amides is 1. The molecule has 0 aliphatic heterocycles. The number of nitrogens with one attached hydrogen (secondary N) is 1. The van der Waals surface area contributed by atoms with Crippen LogP contribution in [0.15, 0.2) is 53.9 Å². The highest BCUT2D eigenvalue weighted by atomic mass is 127. The van der Waals surface area contributed by atoms with Gasteiger partial charge in [0.15, 0.2) is 0 Å². The fraction of sp³-hybridized carbons (Fsp3) is 0. The summed E-state index contributed by atoms with van der Waals surface area (Å²) >= 11 is 2.22. The van der Waals surface area contributed by atoms with Crippen LogP contribution in [0, 0.1) is 3.57 Å². The zero-order valence-electron chi connectivity index (χ0n) is 9.38. The maximum atomic E-state index is 11.7. The van der Waals surface area contributed by atoms with Crippen LogP contribution in [0.25, 0.3) is 0 Å². The lowest BCUT2D eigenvalue weighted by molar-refractivity contribution is 0.0955. The van der Waals surface area contributed by atoms with E-state index in [4.69, 9.17) is 0 Å². The lowest BCUT2D eigenvalue weighted by Gasteiger charge is -1.99. The molecule has 5 heteroatoms. The number of nitrogens with zero attached hydrogens (tertiary/aromatic N) is 2. The maximum Gasteiger partial charge on any atom is 0.272 e. The second kappa shape index (κ2) is 6.25. The van der Waals surface area contributed by atoms with Gasteiger partial charge in [0.05, 0.1) is 11.8 Å². The molecule has 2 aromatic rings. The molecule has 0 aliphatic rings. The van der Waals surface area contributed by atoms with Crippen molar-refractivity contribution in [2.45, 2.75) is 0 Å². The molecule has 1 amide bonds.